The standard InChI is InChI=1S/C21H22ClN5O2S/c1-4-29-16-9-6-14(7-10-16)18-19(30-21-25-24-13(3)27(21)26-18)20(28)23-15-8-5-12(2)17(22)11-15/h5-11,18-19,26H,4H2,1-3H3,(H,23,28)/t18-,19-/m1/s1. The number of fused-ring (bicyclic) bond motifs is 1. The smallest absolute Gasteiger partial charge is 0.240 e. The molecule has 1 aliphatic rings. The van der Waals surface area contributed by atoms with Crippen LogP contribution in [0.5, 0.6) is 5.75 Å². The van der Waals surface area contributed by atoms with E-state index in [1.54, 1.807) is 6.07 Å². The molecule has 0 fully saturated rings. The van der Waals surface area contributed by atoms with Gasteiger partial charge in [-0.3, -0.25) is 4.79 Å². The van der Waals surface area contributed by atoms with Gasteiger partial charge in [0.05, 0.1) is 12.6 Å². The minimum absolute atomic E-state index is 0.141. The molecule has 1 aromatic heterocycles. The molecule has 0 unspecified atom stereocenters. The molecule has 156 valence electrons. The van der Waals surface area contributed by atoms with Gasteiger partial charge in [-0.25, -0.2) is 4.68 Å². The number of nitrogens with zero attached hydrogens (tertiary/aromatic N) is 3. The topological polar surface area (TPSA) is 81.1 Å². The van der Waals surface area contributed by atoms with Crippen molar-refractivity contribution in [2.45, 2.75) is 37.2 Å². The summed E-state index contributed by atoms with van der Waals surface area (Å²) in [6.45, 7) is 6.34. The van der Waals surface area contributed by atoms with E-state index < -0.39 is 5.25 Å². The number of nitrogens with one attached hydrogen (secondary N) is 2. The third-order valence-corrected chi connectivity index (χ3v) is 6.47. The molecule has 0 aliphatic carbocycles. The van der Waals surface area contributed by atoms with Gasteiger partial charge in [0.2, 0.25) is 11.1 Å². The van der Waals surface area contributed by atoms with Gasteiger partial charge in [0.25, 0.3) is 0 Å². The van der Waals surface area contributed by atoms with Crippen molar-refractivity contribution < 1.29 is 9.53 Å². The molecule has 0 radical (unpaired) electrons. The van der Waals surface area contributed by atoms with Crippen LogP contribution < -0.4 is 15.5 Å². The number of carbonyl (C=O) groups is 1. The van der Waals surface area contributed by atoms with E-state index >= 15 is 0 Å². The molecule has 0 saturated carbocycles. The lowest BCUT2D eigenvalue weighted by molar-refractivity contribution is -0.116. The summed E-state index contributed by atoms with van der Waals surface area (Å²) in [6, 6.07) is 13.0. The van der Waals surface area contributed by atoms with Crippen LogP contribution in [0.3, 0.4) is 0 Å². The van der Waals surface area contributed by atoms with Gasteiger partial charge >= 0.3 is 0 Å². The highest BCUT2D eigenvalue weighted by Crippen LogP contribution is 2.38. The lowest BCUT2D eigenvalue weighted by atomic mass is 10.0. The maximum absolute atomic E-state index is 13.2. The van der Waals surface area contributed by atoms with E-state index in [-0.39, 0.29) is 11.9 Å². The van der Waals surface area contributed by atoms with Crippen molar-refractivity contribution >= 4 is 35.0 Å². The predicted octanol–water partition coefficient (Wildman–Crippen LogP) is 4.34. The fourth-order valence-corrected chi connectivity index (χ4v) is 4.54. The van der Waals surface area contributed by atoms with E-state index in [1.807, 2.05) is 61.8 Å². The van der Waals surface area contributed by atoms with Crippen molar-refractivity contribution in [3.63, 3.8) is 0 Å². The third-order valence-electron chi connectivity index (χ3n) is 4.85. The second kappa shape index (κ2) is 8.57. The second-order valence-electron chi connectivity index (χ2n) is 6.97. The van der Waals surface area contributed by atoms with E-state index in [9.17, 15) is 4.79 Å². The molecule has 7 nitrogen and oxygen atoms in total. The monoisotopic (exact) mass is 443 g/mol. The van der Waals surface area contributed by atoms with E-state index in [4.69, 9.17) is 16.3 Å². The summed E-state index contributed by atoms with van der Waals surface area (Å²) in [4.78, 5) is 13.2. The zero-order chi connectivity index (χ0) is 21.3. The van der Waals surface area contributed by atoms with Crippen molar-refractivity contribution in [1.82, 2.24) is 14.9 Å². The highest BCUT2D eigenvalue weighted by molar-refractivity contribution is 8.00. The Morgan fingerprint density at radius 3 is 2.70 bits per heavy atom. The van der Waals surface area contributed by atoms with E-state index in [1.165, 1.54) is 11.8 Å². The maximum Gasteiger partial charge on any atom is 0.240 e. The Labute approximate surface area is 184 Å². The van der Waals surface area contributed by atoms with Gasteiger partial charge in [-0.1, -0.05) is 41.6 Å². The molecule has 0 saturated heterocycles. The summed E-state index contributed by atoms with van der Waals surface area (Å²) >= 11 is 7.60. The molecule has 2 N–H and O–H groups in total. The highest BCUT2D eigenvalue weighted by atomic mass is 35.5. The van der Waals surface area contributed by atoms with Crippen molar-refractivity contribution in [3.05, 3.63) is 64.4 Å². The van der Waals surface area contributed by atoms with Crippen LogP contribution in [0, 0.1) is 13.8 Å². The zero-order valence-electron chi connectivity index (χ0n) is 16.8. The normalized spacial score (nSPS) is 17.7. The summed E-state index contributed by atoms with van der Waals surface area (Å²) in [6.07, 6.45) is 0. The van der Waals surface area contributed by atoms with Crippen LogP contribution in [0.2, 0.25) is 5.02 Å². The lowest BCUT2D eigenvalue weighted by Crippen LogP contribution is -2.41. The molecule has 3 aromatic rings. The summed E-state index contributed by atoms with van der Waals surface area (Å²) in [5.74, 6) is 1.39. The number of halogens is 1. The molecule has 0 bridgehead atoms. The predicted molar refractivity (Wildman–Crippen MR) is 119 cm³/mol. The first-order valence-corrected chi connectivity index (χ1v) is 10.9. The lowest BCUT2D eigenvalue weighted by Gasteiger charge is -2.32. The number of hydrogen-bond donors (Lipinski definition) is 2. The molecular weight excluding hydrogens is 422 g/mol. The van der Waals surface area contributed by atoms with Gasteiger partial charge in [0.15, 0.2) is 0 Å². The number of rotatable bonds is 5. The number of aromatic nitrogens is 3. The number of anilines is 1. The molecule has 2 atom stereocenters. The quantitative estimate of drug-likeness (QED) is 0.610. The number of carbonyl (C=O) groups excluding carboxylic acids is 1. The molecule has 1 aliphatic heterocycles. The molecule has 2 heterocycles. The SMILES string of the molecule is CCOc1ccc([C@H]2Nn3c(C)nnc3S[C@H]2C(=O)Nc2ccc(C)c(Cl)c2)cc1. The van der Waals surface area contributed by atoms with E-state index in [0.717, 1.165) is 22.7 Å². The van der Waals surface area contributed by atoms with Crippen molar-refractivity contribution in [3.8, 4) is 5.75 Å². The average molecular weight is 444 g/mol. The van der Waals surface area contributed by atoms with Gasteiger partial charge in [0.1, 0.15) is 16.8 Å². The molecule has 1 amide bonds. The van der Waals surface area contributed by atoms with Gasteiger partial charge in [-0.2, -0.15) is 0 Å². The largest absolute Gasteiger partial charge is 0.494 e. The number of ether oxygens (including phenoxy) is 1. The minimum Gasteiger partial charge on any atom is -0.494 e. The van der Waals surface area contributed by atoms with Crippen LogP contribution in [-0.2, 0) is 4.79 Å². The Bertz CT molecular complexity index is 1070. The van der Waals surface area contributed by atoms with Crippen molar-refractivity contribution in [1.29, 1.82) is 0 Å². The molecule has 0 spiro atoms. The van der Waals surface area contributed by atoms with E-state index in [2.05, 4.69) is 20.9 Å². The zero-order valence-corrected chi connectivity index (χ0v) is 18.4. The number of benzene rings is 2. The van der Waals surface area contributed by atoms with Crippen LogP contribution >= 0.6 is 23.4 Å². The highest BCUT2D eigenvalue weighted by Gasteiger charge is 2.37. The van der Waals surface area contributed by atoms with Crippen LogP contribution in [-0.4, -0.2) is 32.6 Å². The van der Waals surface area contributed by atoms with Gasteiger partial charge in [-0.05, 0) is 56.2 Å². The number of hydrogen-bond acceptors (Lipinski definition) is 6. The molecule has 2 aromatic carbocycles. The summed E-state index contributed by atoms with van der Waals surface area (Å²) < 4.78 is 7.36. The van der Waals surface area contributed by atoms with Crippen LogP contribution in [0.25, 0.3) is 0 Å². The summed E-state index contributed by atoms with van der Waals surface area (Å²) in [5.41, 5.74) is 5.97. The van der Waals surface area contributed by atoms with Crippen LogP contribution in [0.1, 0.15) is 29.9 Å². The fourth-order valence-electron chi connectivity index (χ4n) is 3.23. The maximum atomic E-state index is 13.2. The molecule has 4 rings (SSSR count). The van der Waals surface area contributed by atoms with Gasteiger partial charge in [-0.15, -0.1) is 10.2 Å². The Kier molecular flexibility index (Phi) is 5.87. The minimum atomic E-state index is -0.459. The van der Waals surface area contributed by atoms with Gasteiger partial charge < -0.3 is 15.5 Å². The Morgan fingerprint density at radius 1 is 1.23 bits per heavy atom. The molecule has 30 heavy (non-hydrogen) atoms. The van der Waals surface area contributed by atoms with E-state index in [0.29, 0.717) is 22.5 Å². The van der Waals surface area contributed by atoms with Crippen LogP contribution in [0.4, 0.5) is 5.69 Å². The first kappa shape index (κ1) is 20.6. The third kappa shape index (κ3) is 4.11. The van der Waals surface area contributed by atoms with Crippen molar-refractivity contribution in [2.75, 3.05) is 17.3 Å². The summed E-state index contributed by atoms with van der Waals surface area (Å²) in [7, 11) is 0. The second-order valence-corrected chi connectivity index (χ2v) is 8.48. The van der Waals surface area contributed by atoms with Gasteiger partial charge in [0, 0.05) is 10.7 Å². The average Bonchev–Trinajstić information content (AvgIpc) is 3.11. The Hall–Kier alpha value is -2.71. The first-order chi connectivity index (χ1) is 14.5. The number of amides is 1. The number of aryl methyl sites for hydroxylation is 2. The Balaban J connectivity index is 1.63. The first-order valence-electron chi connectivity index (χ1n) is 9.61. The van der Waals surface area contributed by atoms with Crippen molar-refractivity contribution in [2.24, 2.45) is 0 Å². The van der Waals surface area contributed by atoms with Crippen LogP contribution in [0.15, 0.2) is 47.6 Å². The number of thioether (sulfide) groups is 1. The fraction of sp³-hybridized carbons (Fsp3) is 0.286. The molecule has 9 heteroatoms. The Morgan fingerprint density at radius 2 is 2.00 bits per heavy atom. The molecular formula is C21H22ClN5O2S. The summed E-state index contributed by atoms with van der Waals surface area (Å²) in [5, 5.41) is 12.1.